The molecule has 0 saturated carbocycles. The summed E-state index contributed by atoms with van der Waals surface area (Å²) in [6, 6.07) is 10.4. The maximum atomic E-state index is 8.72. The van der Waals surface area contributed by atoms with Crippen LogP contribution in [0.5, 0.6) is 0 Å². The highest BCUT2D eigenvalue weighted by molar-refractivity contribution is 5.91. The lowest BCUT2D eigenvalue weighted by Crippen LogP contribution is -2.46. The Bertz CT molecular complexity index is 605. The summed E-state index contributed by atoms with van der Waals surface area (Å²) in [5, 5.41) is 19.4. The first-order valence-electron chi connectivity index (χ1n) is 6.43. The molecule has 5 nitrogen and oxygen atoms in total. The quantitative estimate of drug-likeness (QED) is 0.754. The highest BCUT2D eigenvalue weighted by Gasteiger charge is 2.19. The molecule has 0 spiro atoms. The predicted octanol–water partition coefficient (Wildman–Crippen LogP) is 1.28. The number of nitriles is 1. The minimum absolute atomic E-state index is 0.509. The van der Waals surface area contributed by atoms with Crippen LogP contribution in [0.15, 0.2) is 30.5 Å². The molecular weight excluding hydrogens is 238 g/mol. The Balaban J connectivity index is 1.84. The maximum absolute atomic E-state index is 8.72. The summed E-state index contributed by atoms with van der Waals surface area (Å²) in [6.07, 6.45) is 1.80. The second-order valence-electron chi connectivity index (χ2n) is 4.68. The number of hydrogen-bond acceptors (Lipinski definition) is 5. The van der Waals surface area contributed by atoms with Crippen molar-refractivity contribution >= 4 is 16.6 Å². The van der Waals surface area contributed by atoms with E-state index in [1.807, 2.05) is 12.1 Å². The summed E-state index contributed by atoms with van der Waals surface area (Å²) in [7, 11) is 0. The zero-order valence-corrected chi connectivity index (χ0v) is 10.7. The van der Waals surface area contributed by atoms with Gasteiger partial charge in [0.05, 0.1) is 18.8 Å². The third kappa shape index (κ3) is 2.35. The molecule has 1 aromatic carbocycles. The van der Waals surface area contributed by atoms with E-state index in [1.54, 1.807) is 6.20 Å². The van der Waals surface area contributed by atoms with Crippen LogP contribution in [0.25, 0.3) is 10.8 Å². The Hall–Kier alpha value is -2.19. The van der Waals surface area contributed by atoms with Crippen molar-refractivity contribution in [1.82, 2.24) is 15.1 Å². The Morgan fingerprint density at radius 3 is 2.74 bits per heavy atom. The molecule has 1 aliphatic heterocycles. The minimum atomic E-state index is 0.509. The van der Waals surface area contributed by atoms with Crippen LogP contribution in [-0.4, -0.2) is 47.8 Å². The first kappa shape index (κ1) is 11.9. The molecule has 0 amide bonds. The molecular formula is C14H15N5. The predicted molar refractivity (Wildman–Crippen MR) is 73.8 cm³/mol. The third-order valence-corrected chi connectivity index (χ3v) is 3.52. The fraction of sp³-hybridized carbons (Fsp3) is 0.357. The van der Waals surface area contributed by atoms with E-state index in [4.69, 9.17) is 5.26 Å². The molecule has 0 atom stereocenters. The monoisotopic (exact) mass is 253 g/mol. The highest BCUT2D eigenvalue weighted by Crippen LogP contribution is 2.23. The molecule has 3 rings (SSSR count). The zero-order valence-electron chi connectivity index (χ0n) is 10.7. The van der Waals surface area contributed by atoms with Gasteiger partial charge in [0.25, 0.3) is 0 Å². The number of rotatable bonds is 2. The van der Waals surface area contributed by atoms with Crippen molar-refractivity contribution in [3.8, 4) is 6.07 Å². The Morgan fingerprint density at radius 2 is 1.95 bits per heavy atom. The fourth-order valence-electron chi connectivity index (χ4n) is 2.46. The molecule has 2 heterocycles. The van der Waals surface area contributed by atoms with Crippen molar-refractivity contribution in [2.24, 2.45) is 0 Å². The molecule has 0 aliphatic carbocycles. The lowest BCUT2D eigenvalue weighted by molar-refractivity contribution is 0.286. The van der Waals surface area contributed by atoms with Gasteiger partial charge in [0.1, 0.15) is 0 Å². The number of nitrogens with zero attached hydrogens (tertiary/aromatic N) is 5. The van der Waals surface area contributed by atoms with Gasteiger partial charge in [-0.05, 0) is 0 Å². The maximum Gasteiger partial charge on any atom is 0.159 e. The third-order valence-electron chi connectivity index (χ3n) is 3.52. The van der Waals surface area contributed by atoms with Gasteiger partial charge in [-0.3, -0.25) is 4.90 Å². The van der Waals surface area contributed by atoms with Crippen LogP contribution in [0.4, 0.5) is 5.82 Å². The van der Waals surface area contributed by atoms with E-state index in [2.05, 4.69) is 38.2 Å². The molecule has 0 unspecified atom stereocenters. The topological polar surface area (TPSA) is 56.1 Å². The molecule has 0 radical (unpaired) electrons. The molecule has 0 bridgehead atoms. The number of fused-ring (bicyclic) bond motifs is 1. The van der Waals surface area contributed by atoms with Crippen LogP contribution >= 0.6 is 0 Å². The minimum Gasteiger partial charge on any atom is -0.352 e. The zero-order chi connectivity index (χ0) is 13.1. The van der Waals surface area contributed by atoms with Gasteiger partial charge in [-0.2, -0.15) is 10.4 Å². The van der Waals surface area contributed by atoms with Gasteiger partial charge < -0.3 is 4.90 Å². The van der Waals surface area contributed by atoms with Crippen molar-refractivity contribution in [3.63, 3.8) is 0 Å². The van der Waals surface area contributed by atoms with E-state index in [9.17, 15) is 0 Å². The van der Waals surface area contributed by atoms with Gasteiger partial charge >= 0.3 is 0 Å². The standard InChI is InChI=1S/C14H15N5/c15-5-6-18-7-9-19(10-8-18)14-13-4-2-1-3-12(13)11-16-17-14/h1-4,11H,6-10H2. The van der Waals surface area contributed by atoms with Gasteiger partial charge in [0.2, 0.25) is 0 Å². The number of benzene rings is 1. The second kappa shape index (κ2) is 5.21. The van der Waals surface area contributed by atoms with Gasteiger partial charge in [-0.1, -0.05) is 24.3 Å². The van der Waals surface area contributed by atoms with Gasteiger partial charge in [0.15, 0.2) is 5.82 Å². The van der Waals surface area contributed by atoms with Crippen LogP contribution < -0.4 is 4.90 Å². The molecule has 1 saturated heterocycles. The summed E-state index contributed by atoms with van der Waals surface area (Å²) in [5.74, 6) is 0.953. The van der Waals surface area contributed by atoms with Crippen LogP contribution in [-0.2, 0) is 0 Å². The molecule has 0 N–H and O–H groups in total. The lowest BCUT2D eigenvalue weighted by Gasteiger charge is -2.34. The van der Waals surface area contributed by atoms with E-state index in [0.717, 1.165) is 42.8 Å². The van der Waals surface area contributed by atoms with Crippen molar-refractivity contribution in [2.75, 3.05) is 37.6 Å². The second-order valence-corrected chi connectivity index (χ2v) is 4.68. The van der Waals surface area contributed by atoms with Crippen LogP contribution in [0, 0.1) is 11.3 Å². The highest BCUT2D eigenvalue weighted by atomic mass is 15.3. The normalized spacial score (nSPS) is 16.5. The van der Waals surface area contributed by atoms with E-state index >= 15 is 0 Å². The summed E-state index contributed by atoms with van der Waals surface area (Å²) < 4.78 is 0. The van der Waals surface area contributed by atoms with Crippen LogP contribution in [0.1, 0.15) is 0 Å². The summed E-state index contributed by atoms with van der Waals surface area (Å²) in [4.78, 5) is 4.41. The van der Waals surface area contributed by atoms with Crippen LogP contribution in [0.2, 0.25) is 0 Å². The van der Waals surface area contributed by atoms with Gasteiger partial charge in [-0.15, -0.1) is 5.10 Å². The van der Waals surface area contributed by atoms with Crippen molar-refractivity contribution in [3.05, 3.63) is 30.5 Å². The summed E-state index contributed by atoms with van der Waals surface area (Å²) in [6.45, 7) is 4.10. The van der Waals surface area contributed by atoms with Crippen molar-refractivity contribution in [2.45, 2.75) is 0 Å². The first-order valence-corrected chi connectivity index (χ1v) is 6.43. The number of aromatic nitrogens is 2. The van der Waals surface area contributed by atoms with Gasteiger partial charge in [-0.25, -0.2) is 0 Å². The lowest BCUT2D eigenvalue weighted by atomic mass is 10.1. The molecule has 5 heteroatoms. The number of hydrogen-bond donors (Lipinski definition) is 0. The average molecular weight is 253 g/mol. The van der Waals surface area contributed by atoms with Crippen molar-refractivity contribution < 1.29 is 0 Å². The molecule has 1 aromatic heterocycles. The Labute approximate surface area is 112 Å². The van der Waals surface area contributed by atoms with Crippen LogP contribution in [0.3, 0.4) is 0 Å². The SMILES string of the molecule is N#CCN1CCN(c2nncc3ccccc23)CC1. The van der Waals surface area contributed by atoms with E-state index < -0.39 is 0 Å². The summed E-state index contributed by atoms with van der Waals surface area (Å²) >= 11 is 0. The fourth-order valence-corrected chi connectivity index (χ4v) is 2.46. The molecule has 19 heavy (non-hydrogen) atoms. The van der Waals surface area contributed by atoms with E-state index in [0.29, 0.717) is 6.54 Å². The molecule has 1 fully saturated rings. The molecule has 1 aliphatic rings. The van der Waals surface area contributed by atoms with Gasteiger partial charge in [0, 0.05) is 37.0 Å². The molecule has 96 valence electrons. The summed E-state index contributed by atoms with van der Waals surface area (Å²) in [5.41, 5.74) is 0. The largest absolute Gasteiger partial charge is 0.352 e. The average Bonchev–Trinajstić information content (AvgIpc) is 2.48. The smallest absolute Gasteiger partial charge is 0.159 e. The van der Waals surface area contributed by atoms with E-state index in [1.165, 1.54) is 0 Å². The Kier molecular flexibility index (Phi) is 3.25. The Morgan fingerprint density at radius 1 is 1.16 bits per heavy atom. The number of anilines is 1. The number of piperazine rings is 1. The molecule has 2 aromatic rings. The van der Waals surface area contributed by atoms with Crippen molar-refractivity contribution in [1.29, 1.82) is 5.26 Å². The first-order chi connectivity index (χ1) is 9.38. The van der Waals surface area contributed by atoms with E-state index in [-0.39, 0.29) is 0 Å².